The molecule has 4 rings (SSSR count). The Bertz CT molecular complexity index is 942. The maximum atomic E-state index is 12.9. The highest BCUT2D eigenvalue weighted by molar-refractivity contribution is 6.30. The molecule has 1 atom stereocenters. The van der Waals surface area contributed by atoms with Crippen molar-refractivity contribution in [2.75, 3.05) is 11.9 Å². The predicted molar refractivity (Wildman–Crippen MR) is 103 cm³/mol. The van der Waals surface area contributed by atoms with Gasteiger partial charge >= 0.3 is 0 Å². The Labute approximate surface area is 157 Å². The summed E-state index contributed by atoms with van der Waals surface area (Å²) < 4.78 is 5.87. The highest BCUT2D eigenvalue weighted by Crippen LogP contribution is 2.36. The highest BCUT2D eigenvalue weighted by Gasteiger charge is 2.34. The average Bonchev–Trinajstić information content (AvgIpc) is 3.12. The van der Waals surface area contributed by atoms with E-state index in [1.165, 1.54) is 0 Å². The standard InChI is InChI=1S/C21H17ClN2O2/c1-24(16-5-3-2-4-6-16)21(25)19-13-18-17(11-12-23-20(18)26-19)14-7-9-15(22)10-8-14/h2-12,19H,13H2,1H3. The quantitative estimate of drug-likeness (QED) is 0.693. The van der Waals surface area contributed by atoms with E-state index in [1.807, 2.05) is 60.7 Å². The molecule has 0 N–H and O–H groups in total. The molecule has 1 amide bonds. The van der Waals surface area contributed by atoms with Crippen LogP contribution in [-0.4, -0.2) is 24.0 Å². The summed E-state index contributed by atoms with van der Waals surface area (Å²) >= 11 is 5.99. The van der Waals surface area contributed by atoms with Gasteiger partial charge in [-0.2, -0.15) is 0 Å². The van der Waals surface area contributed by atoms with Crippen LogP contribution < -0.4 is 9.64 Å². The number of pyridine rings is 1. The van der Waals surface area contributed by atoms with E-state index in [4.69, 9.17) is 16.3 Å². The second-order valence-corrected chi connectivity index (χ2v) is 6.63. The Balaban J connectivity index is 1.60. The first-order valence-electron chi connectivity index (χ1n) is 8.36. The van der Waals surface area contributed by atoms with E-state index in [1.54, 1.807) is 18.1 Å². The van der Waals surface area contributed by atoms with Crippen LogP contribution in [0.4, 0.5) is 5.69 Å². The van der Waals surface area contributed by atoms with Gasteiger partial charge in [-0.15, -0.1) is 0 Å². The number of para-hydroxylation sites is 1. The summed E-state index contributed by atoms with van der Waals surface area (Å²) in [5.41, 5.74) is 3.84. The molecule has 2 heterocycles. The molecule has 1 aliphatic heterocycles. The zero-order chi connectivity index (χ0) is 18.1. The number of hydrogen-bond donors (Lipinski definition) is 0. The molecule has 2 aromatic carbocycles. The molecule has 1 aliphatic rings. The molecule has 0 saturated carbocycles. The van der Waals surface area contributed by atoms with Crippen LogP contribution in [0.3, 0.4) is 0 Å². The largest absolute Gasteiger partial charge is 0.464 e. The fourth-order valence-electron chi connectivity index (χ4n) is 3.17. The maximum absolute atomic E-state index is 12.9. The summed E-state index contributed by atoms with van der Waals surface area (Å²) in [5.74, 6) is 0.438. The lowest BCUT2D eigenvalue weighted by molar-refractivity contribution is -0.124. The Kier molecular flexibility index (Phi) is 4.35. The van der Waals surface area contributed by atoms with Crippen molar-refractivity contribution in [2.45, 2.75) is 12.5 Å². The minimum atomic E-state index is -0.573. The number of benzene rings is 2. The number of hydrogen-bond acceptors (Lipinski definition) is 3. The van der Waals surface area contributed by atoms with Crippen molar-refractivity contribution in [3.8, 4) is 17.0 Å². The molecule has 130 valence electrons. The molecule has 1 aromatic heterocycles. The Morgan fingerprint density at radius 1 is 1.12 bits per heavy atom. The molecule has 26 heavy (non-hydrogen) atoms. The number of halogens is 1. The Morgan fingerprint density at radius 3 is 2.58 bits per heavy atom. The molecule has 4 nitrogen and oxygen atoms in total. The number of amides is 1. The summed E-state index contributed by atoms with van der Waals surface area (Å²) in [6.07, 6.45) is 1.63. The average molecular weight is 365 g/mol. The van der Waals surface area contributed by atoms with Crippen molar-refractivity contribution in [2.24, 2.45) is 0 Å². The van der Waals surface area contributed by atoms with Gasteiger partial charge in [0.05, 0.1) is 0 Å². The Morgan fingerprint density at radius 2 is 1.85 bits per heavy atom. The van der Waals surface area contributed by atoms with Gasteiger partial charge < -0.3 is 9.64 Å². The fourth-order valence-corrected chi connectivity index (χ4v) is 3.29. The van der Waals surface area contributed by atoms with Gasteiger partial charge in [-0.05, 0) is 41.5 Å². The molecule has 0 bridgehead atoms. The van der Waals surface area contributed by atoms with Crippen LogP contribution >= 0.6 is 11.6 Å². The van der Waals surface area contributed by atoms with E-state index in [0.717, 1.165) is 22.4 Å². The van der Waals surface area contributed by atoms with Gasteiger partial charge in [0.15, 0.2) is 6.10 Å². The lowest BCUT2D eigenvalue weighted by Gasteiger charge is -2.20. The Hall–Kier alpha value is -2.85. The summed E-state index contributed by atoms with van der Waals surface area (Å²) in [5, 5.41) is 0.688. The van der Waals surface area contributed by atoms with Gasteiger partial charge in [0.2, 0.25) is 5.88 Å². The van der Waals surface area contributed by atoms with Gasteiger partial charge in [0.1, 0.15) is 0 Å². The molecular formula is C21H17ClN2O2. The number of aromatic nitrogens is 1. The normalized spacial score (nSPS) is 15.2. The second kappa shape index (κ2) is 6.81. The third kappa shape index (κ3) is 3.04. The number of rotatable bonds is 3. The van der Waals surface area contributed by atoms with Gasteiger partial charge in [-0.1, -0.05) is 41.9 Å². The molecular weight excluding hydrogens is 348 g/mol. The van der Waals surface area contributed by atoms with Crippen LogP contribution in [0.1, 0.15) is 5.56 Å². The topological polar surface area (TPSA) is 42.4 Å². The first-order valence-corrected chi connectivity index (χ1v) is 8.74. The van der Waals surface area contributed by atoms with Crippen molar-refractivity contribution in [3.05, 3.63) is 77.4 Å². The monoisotopic (exact) mass is 364 g/mol. The van der Waals surface area contributed by atoms with Gasteiger partial charge in [0, 0.05) is 35.9 Å². The number of fused-ring (bicyclic) bond motifs is 1. The van der Waals surface area contributed by atoms with Gasteiger partial charge in [-0.3, -0.25) is 4.79 Å². The van der Waals surface area contributed by atoms with E-state index in [-0.39, 0.29) is 5.91 Å². The fraction of sp³-hybridized carbons (Fsp3) is 0.143. The summed E-state index contributed by atoms with van der Waals surface area (Å²) in [4.78, 5) is 18.8. The number of carbonyl (C=O) groups excluding carboxylic acids is 1. The predicted octanol–water partition coefficient (Wildman–Crippen LogP) is 4.37. The summed E-state index contributed by atoms with van der Waals surface area (Å²) in [6.45, 7) is 0. The molecule has 0 fully saturated rings. The number of ether oxygens (including phenoxy) is 1. The lowest BCUT2D eigenvalue weighted by Crippen LogP contribution is -2.39. The molecule has 0 radical (unpaired) electrons. The second-order valence-electron chi connectivity index (χ2n) is 6.19. The van der Waals surface area contributed by atoms with Crippen molar-refractivity contribution in [1.29, 1.82) is 0 Å². The van der Waals surface area contributed by atoms with E-state index in [2.05, 4.69) is 4.98 Å². The number of carbonyl (C=O) groups is 1. The number of likely N-dealkylation sites (N-methyl/N-ethyl adjacent to an activating group) is 1. The van der Waals surface area contributed by atoms with E-state index in [9.17, 15) is 4.79 Å². The number of anilines is 1. The smallest absolute Gasteiger partial charge is 0.268 e. The highest BCUT2D eigenvalue weighted by atomic mass is 35.5. The molecule has 3 aromatic rings. The van der Waals surface area contributed by atoms with Crippen LogP contribution in [0.2, 0.25) is 5.02 Å². The first-order chi connectivity index (χ1) is 12.6. The van der Waals surface area contributed by atoms with E-state index < -0.39 is 6.10 Å². The minimum Gasteiger partial charge on any atom is -0.464 e. The van der Waals surface area contributed by atoms with E-state index in [0.29, 0.717) is 17.3 Å². The maximum Gasteiger partial charge on any atom is 0.268 e. The molecule has 0 spiro atoms. The molecule has 5 heteroatoms. The van der Waals surface area contributed by atoms with Crippen LogP contribution in [0.15, 0.2) is 66.9 Å². The lowest BCUT2D eigenvalue weighted by atomic mass is 9.98. The van der Waals surface area contributed by atoms with Crippen molar-refractivity contribution in [1.82, 2.24) is 4.98 Å². The molecule has 0 saturated heterocycles. The third-order valence-corrected chi connectivity index (χ3v) is 4.82. The molecule has 1 unspecified atom stereocenters. The summed E-state index contributed by atoms with van der Waals surface area (Å²) in [6, 6.07) is 19.1. The van der Waals surface area contributed by atoms with Crippen molar-refractivity contribution < 1.29 is 9.53 Å². The van der Waals surface area contributed by atoms with Gasteiger partial charge in [0.25, 0.3) is 5.91 Å². The van der Waals surface area contributed by atoms with Gasteiger partial charge in [-0.25, -0.2) is 4.98 Å². The molecule has 0 aliphatic carbocycles. The number of nitrogens with zero attached hydrogens (tertiary/aromatic N) is 2. The summed E-state index contributed by atoms with van der Waals surface area (Å²) in [7, 11) is 1.76. The van der Waals surface area contributed by atoms with Crippen LogP contribution in [0.25, 0.3) is 11.1 Å². The minimum absolute atomic E-state index is 0.0868. The SMILES string of the molecule is CN(C(=O)C1Cc2c(-c3ccc(Cl)cc3)ccnc2O1)c1ccccc1. The zero-order valence-electron chi connectivity index (χ0n) is 14.2. The van der Waals surface area contributed by atoms with Crippen LogP contribution in [0, 0.1) is 0 Å². The van der Waals surface area contributed by atoms with Crippen LogP contribution in [0.5, 0.6) is 5.88 Å². The van der Waals surface area contributed by atoms with E-state index >= 15 is 0 Å². The third-order valence-electron chi connectivity index (χ3n) is 4.56. The van der Waals surface area contributed by atoms with Crippen molar-refractivity contribution in [3.63, 3.8) is 0 Å². The van der Waals surface area contributed by atoms with Crippen LogP contribution in [-0.2, 0) is 11.2 Å². The zero-order valence-corrected chi connectivity index (χ0v) is 15.0. The first kappa shape index (κ1) is 16.6. The van der Waals surface area contributed by atoms with Crippen molar-refractivity contribution >= 4 is 23.2 Å².